The molecule has 0 bridgehead atoms. The summed E-state index contributed by atoms with van der Waals surface area (Å²) < 4.78 is 51.3. The van der Waals surface area contributed by atoms with Gasteiger partial charge in [-0.05, 0) is 49.9 Å². The van der Waals surface area contributed by atoms with E-state index < -0.39 is 23.5 Å². The van der Waals surface area contributed by atoms with E-state index in [9.17, 15) is 22.8 Å². The lowest BCUT2D eigenvalue weighted by Crippen LogP contribution is -2.45. The number of halogens is 4. The molecule has 1 aliphatic rings. The number of alkyl halides is 3. The van der Waals surface area contributed by atoms with Crippen molar-refractivity contribution in [1.82, 2.24) is 0 Å². The minimum Gasteiger partial charge on any atom is -0.367 e. The number of rotatable bonds is 2. The largest absolute Gasteiger partial charge is 0.391 e. The summed E-state index contributed by atoms with van der Waals surface area (Å²) in [4.78, 5) is 0. The molecule has 1 aliphatic carbocycles. The predicted octanol–water partition coefficient (Wildman–Crippen LogP) is 4.25. The van der Waals surface area contributed by atoms with Crippen LogP contribution in [0.25, 0.3) is 0 Å². The number of benzene rings is 1. The third-order valence-electron chi connectivity index (χ3n) is 3.66. The first-order chi connectivity index (χ1) is 9.35. The molecule has 1 saturated carbocycles. The molecule has 1 fully saturated rings. The number of nitriles is 1. The first-order valence-electron chi connectivity index (χ1n) is 6.36. The van der Waals surface area contributed by atoms with Crippen molar-refractivity contribution in [3.63, 3.8) is 0 Å². The first kappa shape index (κ1) is 14.6. The quantitative estimate of drug-likeness (QED) is 0.825. The second-order valence-electron chi connectivity index (χ2n) is 5.16. The van der Waals surface area contributed by atoms with Crippen molar-refractivity contribution in [3.05, 3.63) is 30.1 Å². The SMILES string of the molecule is N#CC1(Nc2ccc(F)cc2)CCCC(C(F)(F)F)C1. The molecule has 1 aromatic rings. The van der Waals surface area contributed by atoms with Crippen molar-refractivity contribution in [3.8, 4) is 6.07 Å². The number of hydrogen-bond donors (Lipinski definition) is 1. The molecule has 6 heteroatoms. The molecule has 2 rings (SSSR count). The molecule has 0 aromatic heterocycles. The highest BCUT2D eigenvalue weighted by molar-refractivity contribution is 5.48. The first-order valence-corrected chi connectivity index (χ1v) is 6.36. The van der Waals surface area contributed by atoms with Crippen LogP contribution in [0, 0.1) is 23.1 Å². The molecule has 1 N–H and O–H groups in total. The zero-order valence-electron chi connectivity index (χ0n) is 10.7. The Kier molecular flexibility index (Phi) is 3.89. The van der Waals surface area contributed by atoms with Gasteiger partial charge in [-0.25, -0.2) is 4.39 Å². The van der Waals surface area contributed by atoms with Gasteiger partial charge in [-0.3, -0.25) is 0 Å². The zero-order chi connectivity index (χ0) is 14.8. The fourth-order valence-electron chi connectivity index (χ4n) is 2.61. The second kappa shape index (κ2) is 5.31. The Morgan fingerprint density at radius 3 is 2.45 bits per heavy atom. The van der Waals surface area contributed by atoms with Gasteiger partial charge < -0.3 is 5.32 Å². The van der Waals surface area contributed by atoms with E-state index in [0.717, 1.165) is 0 Å². The minimum atomic E-state index is -4.28. The van der Waals surface area contributed by atoms with Gasteiger partial charge in [0.15, 0.2) is 0 Å². The molecule has 0 aliphatic heterocycles. The maximum atomic E-state index is 12.8. The van der Waals surface area contributed by atoms with E-state index in [0.29, 0.717) is 18.5 Å². The average molecular weight is 286 g/mol. The van der Waals surface area contributed by atoms with E-state index in [1.165, 1.54) is 24.3 Å². The molecule has 2 atom stereocenters. The second-order valence-corrected chi connectivity index (χ2v) is 5.16. The summed E-state index contributed by atoms with van der Waals surface area (Å²) in [6.45, 7) is 0. The molecule has 20 heavy (non-hydrogen) atoms. The van der Waals surface area contributed by atoms with E-state index in [2.05, 4.69) is 5.32 Å². The van der Waals surface area contributed by atoms with Crippen LogP contribution in [-0.4, -0.2) is 11.7 Å². The van der Waals surface area contributed by atoms with E-state index in [1.807, 2.05) is 6.07 Å². The van der Waals surface area contributed by atoms with Crippen LogP contribution >= 0.6 is 0 Å². The maximum Gasteiger partial charge on any atom is 0.391 e. The Morgan fingerprint density at radius 2 is 1.90 bits per heavy atom. The van der Waals surface area contributed by atoms with Crippen LogP contribution in [0.5, 0.6) is 0 Å². The van der Waals surface area contributed by atoms with Gasteiger partial charge in [0, 0.05) is 5.69 Å². The monoisotopic (exact) mass is 286 g/mol. The minimum absolute atomic E-state index is 0.0536. The van der Waals surface area contributed by atoms with Gasteiger partial charge in [-0.15, -0.1) is 0 Å². The van der Waals surface area contributed by atoms with Crippen LogP contribution in [0.1, 0.15) is 25.7 Å². The van der Waals surface area contributed by atoms with Crippen LogP contribution < -0.4 is 5.32 Å². The van der Waals surface area contributed by atoms with Gasteiger partial charge in [0.25, 0.3) is 0 Å². The summed E-state index contributed by atoms with van der Waals surface area (Å²) >= 11 is 0. The fourth-order valence-corrected chi connectivity index (χ4v) is 2.61. The molecule has 2 unspecified atom stereocenters. The van der Waals surface area contributed by atoms with Crippen molar-refractivity contribution in [2.45, 2.75) is 37.4 Å². The average Bonchev–Trinajstić information content (AvgIpc) is 2.41. The third-order valence-corrected chi connectivity index (χ3v) is 3.66. The lowest BCUT2D eigenvalue weighted by atomic mass is 9.76. The summed E-state index contributed by atoms with van der Waals surface area (Å²) in [5.41, 5.74) is -0.785. The van der Waals surface area contributed by atoms with E-state index in [4.69, 9.17) is 0 Å². The lowest BCUT2D eigenvalue weighted by molar-refractivity contribution is -0.184. The summed E-state index contributed by atoms with van der Waals surface area (Å²) in [6, 6.07) is 7.23. The van der Waals surface area contributed by atoms with Crippen LogP contribution in [-0.2, 0) is 0 Å². The summed E-state index contributed by atoms with van der Waals surface area (Å²) in [7, 11) is 0. The maximum absolute atomic E-state index is 12.8. The van der Waals surface area contributed by atoms with Crippen molar-refractivity contribution >= 4 is 5.69 Å². The van der Waals surface area contributed by atoms with Gasteiger partial charge in [0.2, 0.25) is 0 Å². The molecule has 0 amide bonds. The number of hydrogen-bond acceptors (Lipinski definition) is 2. The molecular formula is C14H14F4N2. The molecule has 2 nitrogen and oxygen atoms in total. The van der Waals surface area contributed by atoms with Crippen LogP contribution in [0.3, 0.4) is 0 Å². The van der Waals surface area contributed by atoms with E-state index in [1.54, 1.807) is 0 Å². The van der Waals surface area contributed by atoms with E-state index in [-0.39, 0.29) is 12.8 Å². The normalized spacial score (nSPS) is 26.9. The Labute approximate surface area is 114 Å². The molecular weight excluding hydrogens is 272 g/mol. The van der Waals surface area contributed by atoms with Crippen molar-refractivity contribution in [2.75, 3.05) is 5.32 Å². The number of anilines is 1. The highest BCUT2D eigenvalue weighted by Crippen LogP contribution is 2.42. The van der Waals surface area contributed by atoms with Crippen molar-refractivity contribution < 1.29 is 17.6 Å². The Hall–Kier alpha value is -1.77. The Balaban J connectivity index is 2.17. The highest BCUT2D eigenvalue weighted by atomic mass is 19.4. The van der Waals surface area contributed by atoms with Crippen LogP contribution in [0.2, 0.25) is 0 Å². The Bertz CT molecular complexity index is 503. The summed E-state index contributed by atoms with van der Waals surface area (Å²) in [6.07, 6.45) is -3.81. The highest BCUT2D eigenvalue weighted by Gasteiger charge is 2.48. The molecule has 0 radical (unpaired) electrons. The molecule has 0 spiro atoms. The van der Waals surface area contributed by atoms with Crippen LogP contribution in [0.4, 0.5) is 23.2 Å². The van der Waals surface area contributed by atoms with E-state index >= 15 is 0 Å². The standard InChI is InChI=1S/C14H14F4N2/c15-11-3-5-12(6-4-11)20-13(9-19)7-1-2-10(8-13)14(16,17)18/h3-6,10,20H,1-2,7-8H2. The van der Waals surface area contributed by atoms with Gasteiger partial charge in [-0.1, -0.05) is 0 Å². The summed E-state index contributed by atoms with van der Waals surface area (Å²) in [5.74, 6) is -1.90. The van der Waals surface area contributed by atoms with Crippen LogP contribution in [0.15, 0.2) is 24.3 Å². The molecule has 108 valence electrons. The van der Waals surface area contributed by atoms with Gasteiger partial charge in [-0.2, -0.15) is 18.4 Å². The van der Waals surface area contributed by atoms with Gasteiger partial charge >= 0.3 is 6.18 Å². The molecule has 0 heterocycles. The smallest absolute Gasteiger partial charge is 0.367 e. The van der Waals surface area contributed by atoms with Gasteiger partial charge in [0.1, 0.15) is 11.4 Å². The Morgan fingerprint density at radius 1 is 1.25 bits per heavy atom. The lowest BCUT2D eigenvalue weighted by Gasteiger charge is -2.37. The topological polar surface area (TPSA) is 35.8 Å². The fraction of sp³-hybridized carbons (Fsp3) is 0.500. The number of nitrogens with one attached hydrogen (secondary N) is 1. The summed E-state index contributed by atoms with van der Waals surface area (Å²) in [5, 5.41) is 12.1. The third kappa shape index (κ3) is 3.21. The molecule has 0 saturated heterocycles. The number of nitrogens with zero attached hydrogens (tertiary/aromatic N) is 1. The predicted molar refractivity (Wildman–Crippen MR) is 66.4 cm³/mol. The molecule has 1 aromatic carbocycles. The van der Waals surface area contributed by atoms with Gasteiger partial charge in [0.05, 0.1) is 12.0 Å². The van der Waals surface area contributed by atoms with Crippen molar-refractivity contribution in [2.24, 2.45) is 5.92 Å². The zero-order valence-corrected chi connectivity index (χ0v) is 10.7. The van der Waals surface area contributed by atoms with Crippen molar-refractivity contribution in [1.29, 1.82) is 5.26 Å².